The highest BCUT2D eigenvalue weighted by Gasteiger charge is 2.16. The maximum atomic E-state index is 13.1. The summed E-state index contributed by atoms with van der Waals surface area (Å²) in [4.78, 5) is 0. The minimum Gasteiger partial charge on any atom is -0.312 e. The van der Waals surface area contributed by atoms with Gasteiger partial charge in [0.15, 0.2) is 0 Å². The highest BCUT2D eigenvalue weighted by molar-refractivity contribution is 9.10. The average molecular weight is 323 g/mol. The van der Waals surface area contributed by atoms with Gasteiger partial charge in [-0.05, 0) is 35.6 Å². The zero-order valence-electron chi connectivity index (χ0n) is 10.2. The summed E-state index contributed by atoms with van der Waals surface area (Å²) >= 11 is 9.02. The van der Waals surface area contributed by atoms with Crippen LogP contribution in [0.2, 0.25) is 0 Å². The van der Waals surface area contributed by atoms with Crippen LogP contribution >= 0.6 is 27.5 Å². The predicted molar refractivity (Wildman–Crippen MR) is 74.9 cm³/mol. The third kappa shape index (κ3) is 5.84. The summed E-state index contributed by atoms with van der Waals surface area (Å²) in [7, 11) is 0. The van der Waals surface area contributed by atoms with Crippen LogP contribution in [-0.4, -0.2) is 12.4 Å². The lowest BCUT2D eigenvalue weighted by Gasteiger charge is -2.24. The van der Waals surface area contributed by atoms with E-state index in [1.54, 1.807) is 6.07 Å². The highest BCUT2D eigenvalue weighted by atomic mass is 79.9. The van der Waals surface area contributed by atoms with Gasteiger partial charge in [0.2, 0.25) is 0 Å². The Morgan fingerprint density at radius 1 is 1.35 bits per heavy atom. The van der Waals surface area contributed by atoms with Crippen LogP contribution in [0.5, 0.6) is 0 Å². The molecule has 0 aromatic heterocycles. The van der Waals surface area contributed by atoms with Gasteiger partial charge in [0, 0.05) is 23.4 Å². The Hall–Kier alpha value is -0.120. The zero-order valence-corrected chi connectivity index (χ0v) is 12.5. The second kappa shape index (κ2) is 6.72. The molecule has 0 atom stereocenters. The van der Waals surface area contributed by atoms with Crippen LogP contribution < -0.4 is 5.32 Å². The summed E-state index contributed by atoms with van der Waals surface area (Å²) in [5, 5.41) is 3.34. The zero-order chi connectivity index (χ0) is 12.9. The van der Waals surface area contributed by atoms with Crippen LogP contribution in [0.4, 0.5) is 4.39 Å². The van der Waals surface area contributed by atoms with Crippen LogP contribution in [0, 0.1) is 11.2 Å². The minimum absolute atomic E-state index is 0.173. The van der Waals surface area contributed by atoms with Crippen LogP contribution in [0.25, 0.3) is 0 Å². The van der Waals surface area contributed by atoms with Crippen molar-refractivity contribution < 1.29 is 4.39 Å². The molecular weight excluding hydrogens is 305 g/mol. The van der Waals surface area contributed by atoms with Crippen molar-refractivity contribution in [3.8, 4) is 0 Å². The molecule has 17 heavy (non-hydrogen) atoms. The van der Waals surface area contributed by atoms with Crippen LogP contribution in [0.3, 0.4) is 0 Å². The molecule has 0 spiro atoms. The molecule has 0 saturated carbocycles. The minimum atomic E-state index is -0.212. The third-order valence-electron chi connectivity index (χ3n) is 2.63. The monoisotopic (exact) mass is 321 g/mol. The van der Waals surface area contributed by atoms with Gasteiger partial charge in [-0.15, -0.1) is 11.6 Å². The van der Waals surface area contributed by atoms with E-state index < -0.39 is 0 Å². The number of nitrogens with one attached hydrogen (secondary N) is 1. The molecule has 1 N–H and O–H groups in total. The molecular formula is C13H18BrClFN. The van der Waals surface area contributed by atoms with E-state index in [9.17, 15) is 4.39 Å². The summed E-state index contributed by atoms with van der Waals surface area (Å²) in [5.41, 5.74) is 1.12. The molecule has 4 heteroatoms. The smallest absolute Gasteiger partial charge is 0.124 e. The van der Waals surface area contributed by atoms with Gasteiger partial charge in [-0.2, -0.15) is 0 Å². The quantitative estimate of drug-likeness (QED) is 0.769. The van der Waals surface area contributed by atoms with Crippen LogP contribution in [-0.2, 0) is 6.54 Å². The first-order valence-corrected chi connectivity index (χ1v) is 6.97. The predicted octanol–water partition coefficient (Wildman–Crippen LogP) is 4.33. The molecule has 1 rings (SSSR count). The molecule has 0 heterocycles. The fraction of sp³-hybridized carbons (Fsp3) is 0.538. The average Bonchev–Trinajstić information content (AvgIpc) is 2.15. The molecule has 1 aromatic rings. The first-order valence-electron chi connectivity index (χ1n) is 5.65. The lowest BCUT2D eigenvalue weighted by molar-refractivity contribution is 0.329. The summed E-state index contributed by atoms with van der Waals surface area (Å²) in [6.07, 6.45) is 0.967. The number of benzene rings is 1. The van der Waals surface area contributed by atoms with Crippen molar-refractivity contribution in [3.05, 3.63) is 34.1 Å². The number of hydrogen-bond donors (Lipinski definition) is 1. The molecule has 0 aliphatic heterocycles. The van der Waals surface area contributed by atoms with E-state index >= 15 is 0 Å². The molecule has 1 nitrogen and oxygen atoms in total. The molecule has 0 bridgehead atoms. The summed E-state index contributed by atoms with van der Waals surface area (Å²) < 4.78 is 13.9. The van der Waals surface area contributed by atoms with Gasteiger partial charge in [-0.3, -0.25) is 0 Å². The van der Waals surface area contributed by atoms with E-state index in [1.807, 2.05) is 6.07 Å². The fourth-order valence-corrected chi connectivity index (χ4v) is 2.63. The second-order valence-corrected chi connectivity index (χ2v) is 6.28. The number of alkyl halides is 1. The summed E-state index contributed by atoms with van der Waals surface area (Å²) in [6, 6.07) is 4.93. The normalized spacial score (nSPS) is 11.8. The molecule has 0 amide bonds. The van der Waals surface area contributed by atoms with E-state index in [0.29, 0.717) is 12.4 Å². The Morgan fingerprint density at radius 2 is 2.06 bits per heavy atom. The highest BCUT2D eigenvalue weighted by Crippen LogP contribution is 2.20. The number of hydrogen-bond acceptors (Lipinski definition) is 1. The van der Waals surface area contributed by atoms with Crippen molar-refractivity contribution in [2.24, 2.45) is 5.41 Å². The largest absolute Gasteiger partial charge is 0.312 e. The Labute approximate surface area is 116 Å². The maximum Gasteiger partial charge on any atom is 0.124 e. The standard InChI is InChI=1S/C13H18BrClFN/c1-13(2,3-4-15)9-17-8-10-5-11(14)7-12(16)6-10/h5-7,17H,3-4,8-9H2,1-2H3. The maximum absolute atomic E-state index is 13.1. The Kier molecular flexibility index (Phi) is 5.90. The molecule has 0 aliphatic carbocycles. The van der Waals surface area contributed by atoms with Crippen molar-refractivity contribution in [2.75, 3.05) is 12.4 Å². The van der Waals surface area contributed by atoms with Gasteiger partial charge in [0.05, 0.1) is 0 Å². The fourth-order valence-electron chi connectivity index (χ4n) is 1.60. The Balaban J connectivity index is 2.45. The van der Waals surface area contributed by atoms with Gasteiger partial charge < -0.3 is 5.32 Å². The molecule has 1 aromatic carbocycles. The van der Waals surface area contributed by atoms with Crippen molar-refractivity contribution in [2.45, 2.75) is 26.8 Å². The Morgan fingerprint density at radius 3 is 2.65 bits per heavy atom. The van der Waals surface area contributed by atoms with E-state index in [0.717, 1.165) is 23.0 Å². The van der Waals surface area contributed by atoms with Gasteiger partial charge in [-0.25, -0.2) is 4.39 Å². The van der Waals surface area contributed by atoms with Crippen LogP contribution in [0.1, 0.15) is 25.8 Å². The topological polar surface area (TPSA) is 12.0 Å². The van der Waals surface area contributed by atoms with Crippen molar-refractivity contribution >= 4 is 27.5 Å². The lowest BCUT2D eigenvalue weighted by Crippen LogP contribution is -2.29. The van der Waals surface area contributed by atoms with Gasteiger partial charge in [0.25, 0.3) is 0 Å². The SMILES string of the molecule is CC(C)(CCCl)CNCc1cc(F)cc(Br)c1. The number of rotatable bonds is 6. The molecule has 96 valence electrons. The van der Waals surface area contributed by atoms with Crippen molar-refractivity contribution in [1.82, 2.24) is 5.32 Å². The lowest BCUT2D eigenvalue weighted by atomic mass is 9.90. The van der Waals surface area contributed by atoms with Gasteiger partial charge in [0.1, 0.15) is 5.82 Å². The van der Waals surface area contributed by atoms with Crippen molar-refractivity contribution in [1.29, 1.82) is 0 Å². The molecule has 0 aliphatic rings. The third-order valence-corrected chi connectivity index (χ3v) is 3.27. The molecule has 0 unspecified atom stereocenters. The van der Waals surface area contributed by atoms with E-state index in [-0.39, 0.29) is 11.2 Å². The van der Waals surface area contributed by atoms with Crippen LogP contribution in [0.15, 0.2) is 22.7 Å². The molecule has 0 saturated heterocycles. The number of halogens is 3. The van der Waals surface area contributed by atoms with Gasteiger partial charge >= 0.3 is 0 Å². The van der Waals surface area contributed by atoms with Crippen molar-refractivity contribution in [3.63, 3.8) is 0 Å². The molecule has 0 fully saturated rings. The van der Waals surface area contributed by atoms with Gasteiger partial charge in [-0.1, -0.05) is 29.8 Å². The van der Waals surface area contributed by atoms with E-state index in [2.05, 4.69) is 35.1 Å². The second-order valence-electron chi connectivity index (χ2n) is 4.98. The summed E-state index contributed by atoms with van der Waals surface area (Å²) in [5.74, 6) is 0.455. The first kappa shape index (κ1) is 14.9. The van der Waals surface area contributed by atoms with E-state index in [4.69, 9.17) is 11.6 Å². The first-order chi connectivity index (χ1) is 7.93. The summed E-state index contributed by atoms with van der Waals surface area (Å²) in [6.45, 7) is 5.88. The molecule has 0 radical (unpaired) electrons. The van der Waals surface area contributed by atoms with E-state index in [1.165, 1.54) is 6.07 Å². The Bertz CT molecular complexity index is 348.